The van der Waals surface area contributed by atoms with E-state index in [1.54, 1.807) is 12.1 Å². The first kappa shape index (κ1) is 14.3. The Morgan fingerprint density at radius 3 is 2.67 bits per heavy atom. The van der Waals surface area contributed by atoms with Gasteiger partial charge in [0.15, 0.2) is 0 Å². The van der Waals surface area contributed by atoms with Gasteiger partial charge in [0, 0.05) is 5.69 Å². The number of halogens is 3. The van der Waals surface area contributed by atoms with E-state index in [-0.39, 0.29) is 15.9 Å². The Labute approximate surface area is 133 Å². The van der Waals surface area contributed by atoms with E-state index in [0.29, 0.717) is 16.8 Å². The van der Waals surface area contributed by atoms with Crippen molar-refractivity contribution in [1.82, 2.24) is 5.32 Å². The van der Waals surface area contributed by atoms with Crippen LogP contribution in [0, 0.1) is 11.6 Å². The van der Waals surface area contributed by atoms with Gasteiger partial charge >= 0.3 is 0 Å². The smallest absolute Gasteiger partial charge is 0.255 e. The van der Waals surface area contributed by atoms with E-state index in [9.17, 15) is 13.6 Å². The second-order valence-corrected chi connectivity index (χ2v) is 5.87. The normalized spacial score (nSPS) is 17.0. The lowest BCUT2D eigenvalue weighted by Gasteiger charge is -2.24. The fourth-order valence-electron chi connectivity index (χ4n) is 2.19. The third-order valence-corrected chi connectivity index (χ3v) is 4.03. The Morgan fingerprint density at radius 1 is 1.14 bits per heavy atom. The molecule has 108 valence electrons. The van der Waals surface area contributed by atoms with Gasteiger partial charge in [-0.25, -0.2) is 8.78 Å². The number of hydrogen-bond donors (Lipinski definition) is 3. The second kappa shape index (κ2) is 5.31. The van der Waals surface area contributed by atoms with E-state index < -0.39 is 17.1 Å². The van der Waals surface area contributed by atoms with Crippen molar-refractivity contribution in [3.8, 4) is 11.1 Å². The second-order valence-electron chi connectivity index (χ2n) is 4.50. The van der Waals surface area contributed by atoms with E-state index in [1.165, 1.54) is 18.2 Å². The molecule has 0 spiro atoms. The summed E-state index contributed by atoms with van der Waals surface area (Å²) >= 11 is 7.15. The van der Waals surface area contributed by atoms with Gasteiger partial charge in [0.25, 0.3) is 5.91 Å². The average molecular weight is 371 g/mol. The molecule has 2 aromatic carbocycles. The first-order valence-electron chi connectivity index (χ1n) is 6.01. The number of hydrogen-bond acceptors (Lipinski definition) is 3. The molecular weight excluding hydrogens is 362 g/mol. The predicted molar refractivity (Wildman–Crippen MR) is 83.4 cm³/mol. The van der Waals surface area contributed by atoms with E-state index in [1.807, 2.05) is 0 Å². The minimum absolute atomic E-state index is 0.162. The van der Waals surface area contributed by atoms with Gasteiger partial charge < -0.3 is 10.6 Å². The van der Waals surface area contributed by atoms with Gasteiger partial charge in [-0.3, -0.25) is 4.79 Å². The summed E-state index contributed by atoms with van der Waals surface area (Å²) in [6, 6.07) is 7.08. The Bertz CT molecular complexity index is 754. The molecule has 1 heterocycles. The lowest BCUT2D eigenvalue weighted by atomic mass is 9.99. The Kier molecular flexibility index (Phi) is 3.62. The van der Waals surface area contributed by atoms with E-state index >= 15 is 0 Å². The maximum atomic E-state index is 14.1. The average Bonchev–Trinajstić information content (AvgIpc) is 2.44. The van der Waals surface area contributed by atoms with Crippen LogP contribution >= 0.6 is 28.6 Å². The molecule has 1 amide bonds. The standard InChI is InChI=1S/C14H9BrF2N2OS/c15-8-2-3-9(16)11(12(8)17)6-1-4-10-7(5-6)13(20)19-14(21)18-10/h1-5,14,18,21H,(H,19,20). The number of carbonyl (C=O) groups excluding carboxylic acids is 1. The number of nitrogens with one attached hydrogen (secondary N) is 2. The molecule has 3 rings (SSSR count). The van der Waals surface area contributed by atoms with Crippen LogP contribution in [-0.4, -0.2) is 11.4 Å². The summed E-state index contributed by atoms with van der Waals surface area (Å²) in [5, 5.41) is 5.52. The molecule has 2 N–H and O–H groups in total. The fraction of sp³-hybridized carbons (Fsp3) is 0.0714. The van der Waals surface area contributed by atoms with Crippen molar-refractivity contribution >= 4 is 40.2 Å². The molecule has 0 saturated heterocycles. The molecule has 0 bridgehead atoms. The lowest BCUT2D eigenvalue weighted by molar-refractivity contribution is 0.0949. The zero-order valence-electron chi connectivity index (χ0n) is 10.5. The molecule has 0 aromatic heterocycles. The number of carbonyl (C=O) groups is 1. The predicted octanol–water partition coefficient (Wildman–Crippen LogP) is 3.76. The Morgan fingerprint density at radius 2 is 1.90 bits per heavy atom. The van der Waals surface area contributed by atoms with E-state index in [4.69, 9.17) is 0 Å². The van der Waals surface area contributed by atoms with Crippen molar-refractivity contribution in [3.63, 3.8) is 0 Å². The van der Waals surface area contributed by atoms with Gasteiger partial charge in [0.05, 0.1) is 15.6 Å². The quantitative estimate of drug-likeness (QED) is 0.528. The zero-order valence-corrected chi connectivity index (χ0v) is 12.9. The molecule has 0 aliphatic carbocycles. The topological polar surface area (TPSA) is 41.1 Å². The molecule has 0 saturated carbocycles. The van der Waals surface area contributed by atoms with E-state index in [0.717, 1.165) is 0 Å². The summed E-state index contributed by atoms with van der Waals surface area (Å²) in [4.78, 5) is 11.9. The molecule has 7 heteroatoms. The molecule has 0 fully saturated rings. The minimum Gasteiger partial charge on any atom is -0.356 e. The van der Waals surface area contributed by atoms with Crippen molar-refractivity contribution in [2.75, 3.05) is 5.32 Å². The number of fused-ring (bicyclic) bond motifs is 1. The number of rotatable bonds is 1. The molecule has 3 nitrogen and oxygen atoms in total. The van der Waals surface area contributed by atoms with Crippen molar-refractivity contribution in [1.29, 1.82) is 0 Å². The molecule has 1 unspecified atom stereocenters. The van der Waals surface area contributed by atoms with Crippen LogP contribution in [0.2, 0.25) is 0 Å². The van der Waals surface area contributed by atoms with Gasteiger partial charge in [-0.2, -0.15) is 0 Å². The van der Waals surface area contributed by atoms with Crippen LogP contribution in [0.5, 0.6) is 0 Å². The van der Waals surface area contributed by atoms with Crippen LogP contribution in [0.1, 0.15) is 10.4 Å². The summed E-state index contributed by atoms with van der Waals surface area (Å²) in [7, 11) is 0. The maximum absolute atomic E-state index is 14.1. The Balaban J connectivity index is 2.16. The Hall–Kier alpha value is -1.60. The summed E-state index contributed by atoms with van der Waals surface area (Å²) in [5.41, 5.74) is 0.512. The summed E-state index contributed by atoms with van der Waals surface area (Å²) in [6.45, 7) is 0. The van der Waals surface area contributed by atoms with Crippen LogP contribution in [-0.2, 0) is 0 Å². The van der Waals surface area contributed by atoms with Crippen LogP contribution in [0.25, 0.3) is 11.1 Å². The number of anilines is 1. The molecule has 2 aromatic rings. The highest BCUT2D eigenvalue weighted by molar-refractivity contribution is 9.10. The number of benzene rings is 2. The fourth-order valence-corrected chi connectivity index (χ4v) is 2.78. The molecular formula is C14H9BrF2N2OS. The highest BCUT2D eigenvalue weighted by Gasteiger charge is 2.23. The number of amides is 1. The number of thiol groups is 1. The maximum Gasteiger partial charge on any atom is 0.255 e. The molecule has 21 heavy (non-hydrogen) atoms. The molecule has 1 atom stereocenters. The zero-order chi connectivity index (χ0) is 15.1. The lowest BCUT2D eigenvalue weighted by Crippen LogP contribution is -2.41. The molecule has 1 aliphatic heterocycles. The third-order valence-electron chi connectivity index (χ3n) is 3.16. The van der Waals surface area contributed by atoms with Crippen LogP contribution in [0.15, 0.2) is 34.8 Å². The van der Waals surface area contributed by atoms with Crippen LogP contribution < -0.4 is 10.6 Å². The van der Waals surface area contributed by atoms with Gasteiger partial charge in [-0.15, -0.1) is 12.6 Å². The molecule has 0 radical (unpaired) electrons. The first-order valence-corrected chi connectivity index (χ1v) is 7.31. The third kappa shape index (κ3) is 2.51. The van der Waals surface area contributed by atoms with E-state index in [2.05, 4.69) is 39.2 Å². The highest BCUT2D eigenvalue weighted by atomic mass is 79.9. The SMILES string of the molecule is O=C1NC(S)Nc2ccc(-c3c(F)ccc(Br)c3F)cc21. The van der Waals surface area contributed by atoms with Crippen LogP contribution in [0.4, 0.5) is 14.5 Å². The highest BCUT2D eigenvalue weighted by Crippen LogP contribution is 2.33. The van der Waals surface area contributed by atoms with Gasteiger partial charge in [0.1, 0.15) is 17.1 Å². The summed E-state index contributed by atoms with van der Waals surface area (Å²) in [6.07, 6.45) is 0. The van der Waals surface area contributed by atoms with Gasteiger partial charge in [0.2, 0.25) is 0 Å². The minimum atomic E-state index is -0.703. The van der Waals surface area contributed by atoms with Crippen molar-refractivity contribution in [3.05, 3.63) is 52.0 Å². The summed E-state index contributed by atoms with van der Waals surface area (Å²) in [5.74, 6) is -1.74. The largest absolute Gasteiger partial charge is 0.356 e. The van der Waals surface area contributed by atoms with Crippen molar-refractivity contribution in [2.24, 2.45) is 0 Å². The monoisotopic (exact) mass is 370 g/mol. The van der Waals surface area contributed by atoms with Crippen molar-refractivity contribution in [2.45, 2.75) is 5.50 Å². The van der Waals surface area contributed by atoms with Crippen LogP contribution in [0.3, 0.4) is 0 Å². The van der Waals surface area contributed by atoms with Crippen molar-refractivity contribution < 1.29 is 13.6 Å². The first-order chi connectivity index (χ1) is 9.97. The van der Waals surface area contributed by atoms with Gasteiger partial charge in [-0.1, -0.05) is 6.07 Å². The molecule has 1 aliphatic rings. The summed E-state index contributed by atoms with van der Waals surface area (Å²) < 4.78 is 28.2. The van der Waals surface area contributed by atoms with Gasteiger partial charge in [-0.05, 0) is 45.8 Å².